The summed E-state index contributed by atoms with van der Waals surface area (Å²) in [7, 11) is 0. The van der Waals surface area contributed by atoms with E-state index >= 15 is 0 Å². The Labute approximate surface area is 61.6 Å². The monoisotopic (exact) mass is 153 g/mol. The topological polar surface area (TPSA) is 38.7 Å². The van der Waals surface area contributed by atoms with Crippen molar-refractivity contribution in [1.29, 1.82) is 0 Å². The maximum Gasteiger partial charge on any atom is 0.316 e. The number of rotatable bonds is 0. The van der Waals surface area contributed by atoms with Crippen molar-refractivity contribution in [3.63, 3.8) is 0 Å². The van der Waals surface area contributed by atoms with Crippen molar-refractivity contribution in [1.82, 2.24) is 0 Å². The van der Waals surface area contributed by atoms with Gasteiger partial charge >= 0.3 is 5.97 Å². The Bertz CT molecular complexity index is 286. The lowest BCUT2D eigenvalue weighted by atomic mass is 10.2. The van der Waals surface area contributed by atoms with Crippen LogP contribution in [0.15, 0.2) is 21.1 Å². The molecule has 10 heavy (non-hydrogen) atoms. The van der Waals surface area contributed by atoms with E-state index in [1.807, 2.05) is 0 Å². The second-order valence-corrected chi connectivity index (χ2v) is 2.66. The number of esters is 1. The van der Waals surface area contributed by atoms with Crippen LogP contribution in [0.3, 0.4) is 0 Å². The minimum absolute atomic E-state index is 0.201. The van der Waals surface area contributed by atoms with E-state index in [0.29, 0.717) is 11.5 Å². The summed E-state index contributed by atoms with van der Waals surface area (Å²) >= 11 is 1.16. The van der Waals surface area contributed by atoms with Gasteiger partial charge in [-0.15, -0.1) is 0 Å². The van der Waals surface area contributed by atoms with Crippen LogP contribution in [0.25, 0.3) is 0 Å². The third kappa shape index (κ3) is 0.781. The number of allylic oxidation sites excluding steroid dienone is 1. The van der Waals surface area contributed by atoms with Crippen LogP contribution in [-0.2, 0) is 9.53 Å². The summed E-state index contributed by atoms with van der Waals surface area (Å²) in [6.45, 7) is 0. The van der Waals surface area contributed by atoms with Gasteiger partial charge in [0.2, 0.25) is 0 Å². The maximum absolute atomic E-state index is 10.6. The molecule has 0 N–H and O–H groups in total. The fraction of sp³-hybridized carbons (Fsp3) is 0.167. The Balaban J connectivity index is 2.35. The molecule has 4 heteroatoms. The Kier molecular flexibility index (Phi) is 1.16. The van der Waals surface area contributed by atoms with Crippen LogP contribution in [0, 0.1) is 0 Å². The molecule has 0 saturated carbocycles. The van der Waals surface area contributed by atoms with Gasteiger partial charge in [-0.05, 0) is 5.87 Å². The summed E-state index contributed by atoms with van der Waals surface area (Å²) in [6.07, 6.45) is 2.04. The molecule has 0 bridgehead atoms. The minimum Gasteiger partial charge on any atom is -0.417 e. The summed E-state index contributed by atoms with van der Waals surface area (Å²) in [5.74, 6) is 2.45. The molecule has 0 aliphatic carbocycles. The van der Waals surface area contributed by atoms with E-state index in [1.54, 1.807) is 6.08 Å². The van der Waals surface area contributed by atoms with E-state index < -0.39 is 0 Å². The molecule has 2 aliphatic heterocycles. The largest absolute Gasteiger partial charge is 0.417 e. The van der Waals surface area contributed by atoms with Crippen LogP contribution in [0.1, 0.15) is 6.42 Å². The van der Waals surface area contributed by atoms with E-state index in [9.17, 15) is 4.79 Å². The molecule has 0 spiro atoms. The molecule has 0 aromatic carbocycles. The SMILES string of the molecule is O=C1CC2=C(O1)SN=C=C2. The van der Waals surface area contributed by atoms with Gasteiger partial charge in [0.05, 0.1) is 18.4 Å². The molecule has 2 aliphatic rings. The third-order valence-corrected chi connectivity index (χ3v) is 1.93. The summed E-state index contributed by atoms with van der Waals surface area (Å²) in [5.41, 5.74) is 0.894. The van der Waals surface area contributed by atoms with Gasteiger partial charge < -0.3 is 4.74 Å². The molecule has 3 nitrogen and oxygen atoms in total. The van der Waals surface area contributed by atoms with Crippen molar-refractivity contribution in [3.8, 4) is 0 Å². The Hall–Kier alpha value is -0.990. The summed E-state index contributed by atoms with van der Waals surface area (Å²) in [6, 6.07) is 0. The lowest BCUT2D eigenvalue weighted by Gasteiger charge is -1.96. The maximum atomic E-state index is 10.6. The zero-order valence-electron chi connectivity index (χ0n) is 4.96. The highest BCUT2D eigenvalue weighted by Gasteiger charge is 2.23. The van der Waals surface area contributed by atoms with E-state index in [4.69, 9.17) is 4.74 Å². The Morgan fingerprint density at radius 1 is 1.80 bits per heavy atom. The third-order valence-electron chi connectivity index (χ3n) is 1.22. The van der Waals surface area contributed by atoms with Crippen molar-refractivity contribution >= 4 is 23.8 Å². The molecule has 0 amide bonds. The highest BCUT2D eigenvalue weighted by Crippen LogP contribution is 2.32. The predicted octanol–water partition coefficient (Wildman–Crippen LogP) is 1.03. The zero-order valence-corrected chi connectivity index (χ0v) is 5.77. The van der Waals surface area contributed by atoms with Crippen LogP contribution in [0.4, 0.5) is 0 Å². The number of hydrogen-bond donors (Lipinski definition) is 0. The summed E-state index contributed by atoms with van der Waals surface area (Å²) < 4.78 is 8.53. The van der Waals surface area contributed by atoms with Gasteiger partial charge in [0.1, 0.15) is 0 Å². The lowest BCUT2D eigenvalue weighted by Crippen LogP contribution is -1.90. The molecule has 0 aromatic heterocycles. The highest BCUT2D eigenvalue weighted by molar-refractivity contribution is 8.01. The molecular weight excluding hydrogens is 150 g/mol. The van der Waals surface area contributed by atoms with Crippen molar-refractivity contribution in [2.24, 2.45) is 4.40 Å². The minimum atomic E-state index is -0.201. The zero-order chi connectivity index (χ0) is 6.97. The number of hydrogen-bond acceptors (Lipinski definition) is 4. The van der Waals surface area contributed by atoms with Crippen LogP contribution in [0.5, 0.6) is 0 Å². The van der Waals surface area contributed by atoms with Crippen LogP contribution >= 0.6 is 11.9 Å². The molecule has 0 saturated heterocycles. The first-order chi connectivity index (χ1) is 4.86. The molecule has 0 unspecified atom stereocenters. The van der Waals surface area contributed by atoms with Gasteiger partial charge in [0.25, 0.3) is 0 Å². The standard InChI is InChI=1S/C6H3NO2S/c8-5-3-4-1-2-7-10-6(4)9-5/h1H,3H2. The Morgan fingerprint density at radius 2 is 2.70 bits per heavy atom. The number of carbonyl (C=O) groups is 1. The van der Waals surface area contributed by atoms with Crippen molar-refractivity contribution < 1.29 is 9.53 Å². The average molecular weight is 153 g/mol. The van der Waals surface area contributed by atoms with Crippen LogP contribution < -0.4 is 0 Å². The summed E-state index contributed by atoms with van der Waals surface area (Å²) in [5, 5.41) is 0.615. The van der Waals surface area contributed by atoms with Crippen molar-refractivity contribution in [2.75, 3.05) is 0 Å². The van der Waals surface area contributed by atoms with Crippen LogP contribution in [0.2, 0.25) is 0 Å². The molecule has 0 atom stereocenters. The smallest absolute Gasteiger partial charge is 0.316 e. The van der Waals surface area contributed by atoms with Gasteiger partial charge in [0, 0.05) is 11.6 Å². The van der Waals surface area contributed by atoms with Gasteiger partial charge in [0.15, 0.2) is 5.09 Å². The molecular formula is C6H3NO2S. The molecule has 2 rings (SSSR count). The first kappa shape index (κ1) is 5.77. The van der Waals surface area contributed by atoms with E-state index in [2.05, 4.69) is 10.3 Å². The fourth-order valence-corrected chi connectivity index (χ4v) is 1.36. The second kappa shape index (κ2) is 2.01. The van der Waals surface area contributed by atoms with E-state index in [1.165, 1.54) is 0 Å². The molecule has 0 radical (unpaired) electrons. The van der Waals surface area contributed by atoms with Crippen molar-refractivity contribution in [2.45, 2.75) is 6.42 Å². The molecule has 50 valence electrons. The fourth-order valence-electron chi connectivity index (χ4n) is 0.792. The van der Waals surface area contributed by atoms with Crippen molar-refractivity contribution in [3.05, 3.63) is 16.7 Å². The number of ether oxygens (including phenoxy) is 1. The second-order valence-electron chi connectivity index (χ2n) is 1.92. The first-order valence-corrected chi connectivity index (χ1v) is 3.53. The molecule has 2 heterocycles. The normalized spacial score (nSPS) is 21.4. The van der Waals surface area contributed by atoms with Crippen LogP contribution in [-0.4, -0.2) is 11.8 Å². The summed E-state index contributed by atoms with van der Waals surface area (Å²) in [4.78, 5) is 10.6. The number of nitrogens with zero attached hydrogens (tertiary/aromatic N) is 1. The van der Waals surface area contributed by atoms with E-state index in [-0.39, 0.29) is 5.97 Å². The Morgan fingerprint density at radius 3 is 3.50 bits per heavy atom. The van der Waals surface area contributed by atoms with E-state index in [0.717, 1.165) is 17.5 Å². The quantitative estimate of drug-likeness (QED) is 0.385. The lowest BCUT2D eigenvalue weighted by molar-refractivity contribution is -0.135. The highest BCUT2D eigenvalue weighted by atomic mass is 32.2. The van der Waals surface area contributed by atoms with Gasteiger partial charge in [-0.25, -0.2) is 0 Å². The average Bonchev–Trinajstić information content (AvgIpc) is 2.27. The molecule has 0 fully saturated rings. The number of carbonyl (C=O) groups excluding carboxylic acids is 1. The molecule has 0 aromatic rings. The van der Waals surface area contributed by atoms with Gasteiger partial charge in [-0.2, -0.15) is 4.40 Å². The van der Waals surface area contributed by atoms with Gasteiger partial charge in [-0.3, -0.25) is 4.79 Å². The van der Waals surface area contributed by atoms with Gasteiger partial charge in [-0.1, -0.05) is 0 Å². The first-order valence-electron chi connectivity index (χ1n) is 2.76. The predicted molar refractivity (Wildman–Crippen MR) is 37.3 cm³/mol.